The van der Waals surface area contributed by atoms with Crippen LogP contribution in [0.5, 0.6) is 0 Å². The molecule has 0 spiro atoms. The Balaban J connectivity index is 2.60. The third-order valence-corrected chi connectivity index (χ3v) is 3.10. The van der Waals surface area contributed by atoms with Crippen molar-refractivity contribution in [2.24, 2.45) is 0 Å². The van der Waals surface area contributed by atoms with Gasteiger partial charge in [0.05, 0.1) is 15.9 Å². The maximum absolute atomic E-state index is 10.9. The molecule has 0 radical (unpaired) electrons. The van der Waals surface area contributed by atoms with Crippen LogP contribution in [0.2, 0.25) is 0 Å². The maximum atomic E-state index is 10.9. The third kappa shape index (κ3) is 1.71. The number of carboxylic acids is 1. The number of aromatic carboxylic acids is 1. The van der Waals surface area contributed by atoms with E-state index in [9.17, 15) is 4.79 Å². The first-order chi connectivity index (χ1) is 7.61. The molecule has 0 fully saturated rings. The van der Waals surface area contributed by atoms with Crippen molar-refractivity contribution in [1.29, 1.82) is 0 Å². The zero-order valence-electron chi connectivity index (χ0n) is 8.38. The molecular weight excluding hydrogens is 274 g/mol. The van der Waals surface area contributed by atoms with E-state index in [4.69, 9.17) is 5.11 Å². The molecular formula is C10H8BrN3O2. The number of hydrogen-bond donors (Lipinski definition) is 1. The first-order valence-electron chi connectivity index (χ1n) is 4.50. The second-order valence-electron chi connectivity index (χ2n) is 3.17. The van der Waals surface area contributed by atoms with Gasteiger partial charge in [0.1, 0.15) is 0 Å². The van der Waals surface area contributed by atoms with Crippen LogP contribution in [0.15, 0.2) is 29.0 Å². The van der Waals surface area contributed by atoms with Gasteiger partial charge in [-0.05, 0) is 35.0 Å². The number of aromatic nitrogens is 3. The van der Waals surface area contributed by atoms with E-state index in [0.717, 1.165) is 11.4 Å². The van der Waals surface area contributed by atoms with Crippen molar-refractivity contribution in [3.63, 3.8) is 0 Å². The zero-order chi connectivity index (χ0) is 11.7. The van der Waals surface area contributed by atoms with Crippen molar-refractivity contribution in [3.05, 3.63) is 40.4 Å². The molecule has 2 rings (SSSR count). The molecule has 0 saturated carbocycles. The molecule has 1 N–H and O–H groups in total. The van der Waals surface area contributed by atoms with E-state index in [1.807, 2.05) is 0 Å². The summed E-state index contributed by atoms with van der Waals surface area (Å²) in [6, 6.07) is 3.52. The van der Waals surface area contributed by atoms with Gasteiger partial charge in [-0.15, -0.1) is 0 Å². The molecule has 0 aliphatic rings. The van der Waals surface area contributed by atoms with Gasteiger partial charge in [-0.2, -0.15) is 5.10 Å². The summed E-state index contributed by atoms with van der Waals surface area (Å²) in [5.74, 6) is -1.05. The predicted octanol–water partition coefficient (Wildman–Crippen LogP) is 2.04. The second kappa shape index (κ2) is 4.05. The van der Waals surface area contributed by atoms with Crippen LogP contribution in [-0.4, -0.2) is 25.8 Å². The average Bonchev–Trinajstić information content (AvgIpc) is 2.58. The number of carboxylic acid groups (broad SMARTS) is 1. The van der Waals surface area contributed by atoms with Gasteiger partial charge in [0.25, 0.3) is 0 Å². The fourth-order valence-corrected chi connectivity index (χ4v) is 1.77. The zero-order valence-corrected chi connectivity index (χ0v) is 9.97. The van der Waals surface area contributed by atoms with E-state index < -0.39 is 5.97 Å². The number of pyridine rings is 1. The highest BCUT2D eigenvalue weighted by Crippen LogP contribution is 2.23. The maximum Gasteiger partial charge on any atom is 0.357 e. The Bertz CT molecular complexity index is 536. The second-order valence-corrected chi connectivity index (χ2v) is 3.96. The Morgan fingerprint density at radius 1 is 1.44 bits per heavy atom. The Kier molecular flexibility index (Phi) is 2.74. The lowest BCUT2D eigenvalue weighted by atomic mass is 10.3. The molecule has 0 unspecified atom stereocenters. The van der Waals surface area contributed by atoms with Crippen LogP contribution < -0.4 is 0 Å². The first-order valence-corrected chi connectivity index (χ1v) is 5.29. The molecule has 0 saturated heterocycles. The molecule has 82 valence electrons. The van der Waals surface area contributed by atoms with Gasteiger partial charge in [-0.25, -0.2) is 9.48 Å². The summed E-state index contributed by atoms with van der Waals surface area (Å²) in [5, 5.41) is 13.0. The van der Waals surface area contributed by atoms with Gasteiger partial charge in [0.15, 0.2) is 5.69 Å². The van der Waals surface area contributed by atoms with E-state index in [2.05, 4.69) is 26.0 Å². The fraction of sp³-hybridized carbons (Fsp3) is 0.100. The van der Waals surface area contributed by atoms with Crippen LogP contribution in [0.25, 0.3) is 5.69 Å². The molecule has 6 heteroatoms. The smallest absolute Gasteiger partial charge is 0.357 e. The largest absolute Gasteiger partial charge is 0.476 e. The Labute approximate surface area is 99.9 Å². The third-order valence-electron chi connectivity index (χ3n) is 2.15. The van der Waals surface area contributed by atoms with Crippen molar-refractivity contribution in [2.45, 2.75) is 6.92 Å². The highest BCUT2D eigenvalue weighted by molar-refractivity contribution is 9.10. The highest BCUT2D eigenvalue weighted by atomic mass is 79.9. The van der Waals surface area contributed by atoms with Crippen molar-refractivity contribution in [1.82, 2.24) is 14.8 Å². The summed E-state index contributed by atoms with van der Waals surface area (Å²) >= 11 is 3.22. The van der Waals surface area contributed by atoms with E-state index in [0.29, 0.717) is 4.47 Å². The molecule has 0 atom stereocenters. The fourth-order valence-electron chi connectivity index (χ4n) is 1.36. The van der Waals surface area contributed by atoms with E-state index in [1.54, 1.807) is 36.1 Å². The topological polar surface area (TPSA) is 68.0 Å². The average molecular weight is 282 g/mol. The number of nitrogens with zero attached hydrogens (tertiary/aromatic N) is 3. The van der Waals surface area contributed by atoms with Crippen molar-refractivity contribution < 1.29 is 9.90 Å². The van der Waals surface area contributed by atoms with Crippen LogP contribution in [0.1, 0.15) is 16.2 Å². The van der Waals surface area contributed by atoms with Gasteiger partial charge in [0.2, 0.25) is 0 Å². The lowest BCUT2D eigenvalue weighted by Gasteiger charge is -2.02. The molecule has 0 aromatic carbocycles. The summed E-state index contributed by atoms with van der Waals surface area (Å²) in [5.41, 5.74) is 1.53. The van der Waals surface area contributed by atoms with Gasteiger partial charge in [0, 0.05) is 12.4 Å². The summed E-state index contributed by atoms with van der Waals surface area (Å²) in [6.45, 7) is 1.80. The molecule has 2 aromatic rings. The monoisotopic (exact) mass is 281 g/mol. The number of carbonyl (C=O) groups is 1. The summed E-state index contributed by atoms with van der Waals surface area (Å²) in [7, 11) is 0. The normalized spacial score (nSPS) is 10.4. The standard InChI is InChI=1S/C10H8BrN3O2/c1-6-8(11)9(10(15)16)13-14(6)7-2-4-12-5-3-7/h2-5H,1H3,(H,15,16). The molecule has 16 heavy (non-hydrogen) atoms. The summed E-state index contributed by atoms with van der Waals surface area (Å²) in [6.07, 6.45) is 3.26. The Hall–Kier alpha value is -1.69. The Morgan fingerprint density at radius 2 is 2.06 bits per heavy atom. The number of halogens is 1. The summed E-state index contributed by atoms with van der Waals surface area (Å²) < 4.78 is 2.06. The van der Waals surface area contributed by atoms with Gasteiger partial charge in [-0.1, -0.05) is 0 Å². The highest BCUT2D eigenvalue weighted by Gasteiger charge is 2.18. The molecule has 0 bridgehead atoms. The number of rotatable bonds is 2. The van der Waals surface area contributed by atoms with Crippen molar-refractivity contribution in [3.8, 4) is 5.69 Å². The van der Waals surface area contributed by atoms with Gasteiger partial charge < -0.3 is 5.11 Å². The van der Waals surface area contributed by atoms with E-state index in [1.165, 1.54) is 0 Å². The SMILES string of the molecule is Cc1c(Br)c(C(=O)O)nn1-c1ccncc1. The number of hydrogen-bond acceptors (Lipinski definition) is 3. The lowest BCUT2D eigenvalue weighted by Crippen LogP contribution is -2.02. The minimum atomic E-state index is -1.05. The lowest BCUT2D eigenvalue weighted by molar-refractivity contribution is 0.0689. The Morgan fingerprint density at radius 3 is 2.56 bits per heavy atom. The molecule has 0 aliphatic carbocycles. The van der Waals surface area contributed by atoms with Crippen LogP contribution in [0, 0.1) is 6.92 Å². The van der Waals surface area contributed by atoms with Crippen LogP contribution in [0.4, 0.5) is 0 Å². The van der Waals surface area contributed by atoms with E-state index >= 15 is 0 Å². The van der Waals surface area contributed by atoms with Gasteiger partial charge in [-0.3, -0.25) is 4.98 Å². The minimum Gasteiger partial charge on any atom is -0.476 e. The van der Waals surface area contributed by atoms with Crippen molar-refractivity contribution in [2.75, 3.05) is 0 Å². The van der Waals surface area contributed by atoms with E-state index in [-0.39, 0.29) is 5.69 Å². The summed E-state index contributed by atoms with van der Waals surface area (Å²) in [4.78, 5) is 14.8. The molecule has 2 aromatic heterocycles. The van der Waals surface area contributed by atoms with Crippen molar-refractivity contribution >= 4 is 21.9 Å². The van der Waals surface area contributed by atoms with Gasteiger partial charge >= 0.3 is 5.97 Å². The quantitative estimate of drug-likeness (QED) is 0.915. The van der Waals surface area contributed by atoms with Crippen LogP contribution >= 0.6 is 15.9 Å². The van der Waals surface area contributed by atoms with Crippen LogP contribution in [0.3, 0.4) is 0 Å². The molecule has 0 amide bonds. The molecule has 5 nitrogen and oxygen atoms in total. The van der Waals surface area contributed by atoms with Crippen LogP contribution in [-0.2, 0) is 0 Å². The predicted molar refractivity (Wildman–Crippen MR) is 60.8 cm³/mol. The minimum absolute atomic E-state index is 0.00862. The first kappa shape index (κ1) is 10.8. The molecule has 0 aliphatic heterocycles. The molecule has 2 heterocycles.